The first-order valence-electron chi connectivity index (χ1n) is 2.00. The van der Waals surface area contributed by atoms with E-state index in [1.165, 1.54) is 0 Å². The molecule has 0 atom stereocenters. The Labute approximate surface area is 59.4 Å². The van der Waals surface area contributed by atoms with Gasteiger partial charge in [0.15, 0.2) is 0 Å². The Kier molecular flexibility index (Phi) is 9.00. The van der Waals surface area contributed by atoms with Crippen molar-refractivity contribution in [3.8, 4) is 12.3 Å². The van der Waals surface area contributed by atoms with E-state index in [9.17, 15) is 4.79 Å². The third-order valence-electron chi connectivity index (χ3n) is 0.411. The average molecular weight is 151 g/mol. The molecule has 52 valence electrons. The van der Waals surface area contributed by atoms with Gasteiger partial charge >= 0.3 is 5.97 Å². The number of hydrogen-bond acceptors (Lipinski definition) is 2. The monoisotopic (exact) mass is 150 g/mol. The van der Waals surface area contributed by atoms with Gasteiger partial charge in [-0.25, -0.2) is 4.79 Å². The number of carboxylic acid groups (broad SMARTS) is 1. The molecule has 0 unspecified atom stereocenters. The minimum absolute atomic E-state index is 0. The molecule has 0 bridgehead atoms. The van der Waals surface area contributed by atoms with Crippen molar-refractivity contribution in [2.45, 2.75) is 0 Å². The topological polar surface area (TPSA) is 46.5 Å². The number of carbonyl (C=O) groups is 1. The van der Waals surface area contributed by atoms with Crippen molar-refractivity contribution in [2.75, 3.05) is 13.2 Å². The molecule has 0 radical (unpaired) electrons. The molecule has 0 aliphatic heterocycles. The molecule has 1 N–H and O–H groups in total. The summed E-state index contributed by atoms with van der Waals surface area (Å²) in [6, 6.07) is 0. The third kappa shape index (κ3) is 11.1. The van der Waals surface area contributed by atoms with E-state index in [2.05, 4.69) is 10.7 Å². The van der Waals surface area contributed by atoms with Crippen LogP contribution in [0.1, 0.15) is 0 Å². The van der Waals surface area contributed by atoms with Gasteiger partial charge in [0.05, 0.1) is 0 Å². The second-order valence-corrected chi connectivity index (χ2v) is 1.09. The molecule has 0 spiro atoms. The highest BCUT2D eigenvalue weighted by atomic mass is 35.5. The number of ether oxygens (including phenoxy) is 1. The Morgan fingerprint density at radius 2 is 2.33 bits per heavy atom. The lowest BCUT2D eigenvalue weighted by molar-refractivity contribution is -0.141. The molecule has 9 heavy (non-hydrogen) atoms. The van der Waals surface area contributed by atoms with Gasteiger partial charge in [0, 0.05) is 0 Å². The molecule has 0 aromatic rings. The van der Waals surface area contributed by atoms with Crippen LogP contribution in [0.25, 0.3) is 0 Å². The number of terminal acetylenes is 1. The molecular formula is C5H7ClO3. The molecule has 0 aromatic carbocycles. The van der Waals surface area contributed by atoms with Crippen LogP contribution in [0.15, 0.2) is 0 Å². The molecule has 0 heterocycles. The molecule has 0 rings (SSSR count). The van der Waals surface area contributed by atoms with Crippen LogP contribution in [-0.2, 0) is 9.53 Å². The summed E-state index contributed by atoms with van der Waals surface area (Å²) in [5, 5.41) is 7.95. The summed E-state index contributed by atoms with van der Waals surface area (Å²) in [7, 11) is 0. The largest absolute Gasteiger partial charge is 0.480 e. The minimum Gasteiger partial charge on any atom is -0.480 e. The second kappa shape index (κ2) is 7.28. The maximum Gasteiger partial charge on any atom is 0.329 e. The van der Waals surface area contributed by atoms with Crippen molar-refractivity contribution < 1.29 is 14.6 Å². The van der Waals surface area contributed by atoms with E-state index in [1.54, 1.807) is 0 Å². The molecule has 4 heteroatoms. The third-order valence-corrected chi connectivity index (χ3v) is 0.411. The SMILES string of the molecule is C#CCOCC(=O)O.Cl. The Balaban J connectivity index is 0. The highest BCUT2D eigenvalue weighted by molar-refractivity contribution is 5.85. The number of hydrogen-bond donors (Lipinski definition) is 1. The van der Waals surface area contributed by atoms with E-state index >= 15 is 0 Å². The lowest BCUT2D eigenvalue weighted by Crippen LogP contribution is -2.06. The van der Waals surface area contributed by atoms with E-state index in [0.717, 1.165) is 0 Å². The number of halogens is 1. The standard InChI is InChI=1S/C5H6O3.ClH/c1-2-3-8-4-5(6)7;/h1H,3-4H2,(H,6,7);1H. The zero-order valence-corrected chi connectivity index (χ0v) is 5.48. The van der Waals surface area contributed by atoms with Gasteiger partial charge in [-0.1, -0.05) is 5.92 Å². The predicted octanol–water partition coefficient (Wildman–Crippen LogP) is 0.143. The summed E-state index contributed by atoms with van der Waals surface area (Å²) in [5.41, 5.74) is 0. The lowest BCUT2D eigenvalue weighted by atomic mass is 10.7. The van der Waals surface area contributed by atoms with E-state index in [1.807, 2.05) is 0 Å². The number of carboxylic acids is 1. The van der Waals surface area contributed by atoms with Gasteiger partial charge in [-0.05, 0) is 0 Å². The Bertz CT molecular complexity index is 116. The van der Waals surface area contributed by atoms with Crippen LogP contribution in [0.4, 0.5) is 0 Å². The summed E-state index contributed by atoms with van der Waals surface area (Å²) in [4.78, 5) is 9.68. The molecule has 0 aliphatic carbocycles. The van der Waals surface area contributed by atoms with Gasteiger partial charge in [0.1, 0.15) is 13.2 Å². The fourth-order valence-corrected chi connectivity index (χ4v) is 0.197. The van der Waals surface area contributed by atoms with Gasteiger partial charge in [-0.2, -0.15) is 0 Å². The number of rotatable bonds is 3. The van der Waals surface area contributed by atoms with Crippen LogP contribution in [0.3, 0.4) is 0 Å². The first kappa shape index (κ1) is 11.1. The van der Waals surface area contributed by atoms with Gasteiger partial charge in [-0.3, -0.25) is 0 Å². The van der Waals surface area contributed by atoms with E-state index in [0.29, 0.717) is 0 Å². The molecular weight excluding hydrogens is 144 g/mol. The van der Waals surface area contributed by atoms with E-state index in [4.69, 9.17) is 11.5 Å². The normalized spacial score (nSPS) is 7.00. The first-order chi connectivity index (χ1) is 3.77. The van der Waals surface area contributed by atoms with Gasteiger partial charge in [-0.15, -0.1) is 18.8 Å². The van der Waals surface area contributed by atoms with Gasteiger partial charge in [0.25, 0.3) is 0 Å². The minimum atomic E-state index is -1.000. The van der Waals surface area contributed by atoms with Crippen molar-refractivity contribution >= 4 is 18.4 Å². The smallest absolute Gasteiger partial charge is 0.329 e. The van der Waals surface area contributed by atoms with Crippen LogP contribution in [0.5, 0.6) is 0 Å². The average Bonchev–Trinajstić information content (AvgIpc) is 1.66. The molecule has 0 amide bonds. The maximum absolute atomic E-state index is 9.68. The quantitative estimate of drug-likeness (QED) is 0.460. The van der Waals surface area contributed by atoms with Crippen molar-refractivity contribution in [3.63, 3.8) is 0 Å². The van der Waals surface area contributed by atoms with Crippen molar-refractivity contribution in [1.29, 1.82) is 0 Å². The van der Waals surface area contributed by atoms with Crippen molar-refractivity contribution in [3.05, 3.63) is 0 Å². The van der Waals surface area contributed by atoms with Crippen LogP contribution < -0.4 is 0 Å². The van der Waals surface area contributed by atoms with Crippen LogP contribution in [0.2, 0.25) is 0 Å². The maximum atomic E-state index is 9.68. The molecule has 0 saturated carbocycles. The molecule has 0 fully saturated rings. The van der Waals surface area contributed by atoms with Crippen molar-refractivity contribution in [2.24, 2.45) is 0 Å². The zero-order chi connectivity index (χ0) is 6.41. The summed E-state index contributed by atoms with van der Waals surface area (Å²) in [6.07, 6.45) is 4.75. The zero-order valence-electron chi connectivity index (χ0n) is 4.66. The Morgan fingerprint density at radius 1 is 1.78 bits per heavy atom. The van der Waals surface area contributed by atoms with Crippen LogP contribution >= 0.6 is 12.4 Å². The predicted molar refractivity (Wildman–Crippen MR) is 34.5 cm³/mol. The number of aliphatic carboxylic acids is 1. The van der Waals surface area contributed by atoms with Crippen molar-refractivity contribution in [1.82, 2.24) is 0 Å². The fraction of sp³-hybridized carbons (Fsp3) is 0.400. The first-order valence-corrected chi connectivity index (χ1v) is 2.00. The Hall–Kier alpha value is -0.720. The highest BCUT2D eigenvalue weighted by Gasteiger charge is 1.91. The molecule has 0 saturated heterocycles. The summed E-state index contributed by atoms with van der Waals surface area (Å²) in [5.74, 6) is 1.14. The van der Waals surface area contributed by atoms with E-state index < -0.39 is 5.97 Å². The molecule has 0 aliphatic rings. The molecule has 0 aromatic heterocycles. The van der Waals surface area contributed by atoms with Crippen LogP contribution in [0, 0.1) is 12.3 Å². The second-order valence-electron chi connectivity index (χ2n) is 1.09. The lowest BCUT2D eigenvalue weighted by Gasteiger charge is -1.90. The fourth-order valence-electron chi connectivity index (χ4n) is 0.197. The van der Waals surface area contributed by atoms with Gasteiger partial charge < -0.3 is 9.84 Å². The van der Waals surface area contributed by atoms with Gasteiger partial charge in [0.2, 0.25) is 0 Å². The molecule has 3 nitrogen and oxygen atoms in total. The Morgan fingerprint density at radius 3 is 2.67 bits per heavy atom. The highest BCUT2D eigenvalue weighted by Crippen LogP contribution is 1.70. The van der Waals surface area contributed by atoms with Crippen LogP contribution in [-0.4, -0.2) is 24.3 Å². The van der Waals surface area contributed by atoms with E-state index in [-0.39, 0.29) is 25.6 Å². The summed E-state index contributed by atoms with van der Waals surface area (Å²) >= 11 is 0. The summed E-state index contributed by atoms with van der Waals surface area (Å²) < 4.78 is 4.41. The summed E-state index contributed by atoms with van der Waals surface area (Å²) in [6.45, 7) is -0.253.